The zero-order valence-corrected chi connectivity index (χ0v) is 15.6. The summed E-state index contributed by atoms with van der Waals surface area (Å²) < 4.78 is 12.8. The van der Waals surface area contributed by atoms with E-state index in [1.54, 1.807) is 6.26 Å². The van der Waals surface area contributed by atoms with Gasteiger partial charge in [-0.05, 0) is 18.2 Å². The van der Waals surface area contributed by atoms with Crippen molar-refractivity contribution in [2.24, 2.45) is 14.1 Å². The summed E-state index contributed by atoms with van der Waals surface area (Å²) in [6.45, 7) is 0. The molecule has 0 aliphatic rings. The van der Waals surface area contributed by atoms with Crippen LogP contribution in [0, 0.1) is 0 Å². The molecule has 0 radical (unpaired) electrons. The fourth-order valence-corrected chi connectivity index (χ4v) is 5.14. The molecule has 4 nitrogen and oxygen atoms in total. The second-order valence-corrected chi connectivity index (χ2v) is 7.64. The maximum Gasteiger partial charge on any atom is 0.381 e. The van der Waals surface area contributed by atoms with E-state index in [1.807, 2.05) is 0 Å². The first-order valence-corrected chi connectivity index (χ1v) is 9.50. The van der Waals surface area contributed by atoms with Crippen molar-refractivity contribution in [2.75, 3.05) is 0 Å². The minimum absolute atomic E-state index is 0.904. The standard InChI is InChI=1S/C24H17N3O/c1-25-12-10-16-14-6-3-4-8-18(14)27-19-9-5-7-15-17-11-13-28-24(17)26(2)22(20(15)19)23(25)21(16)27/h3-13H,1-2H3/q+2. The summed E-state index contributed by atoms with van der Waals surface area (Å²) >= 11 is 0. The van der Waals surface area contributed by atoms with E-state index in [-0.39, 0.29) is 0 Å². The second-order valence-electron chi connectivity index (χ2n) is 7.64. The highest BCUT2D eigenvalue weighted by atomic mass is 16.3. The van der Waals surface area contributed by atoms with E-state index in [2.05, 4.69) is 88.4 Å². The Morgan fingerprint density at radius 3 is 2.50 bits per heavy atom. The normalized spacial score (nSPS) is 12.6. The van der Waals surface area contributed by atoms with Crippen molar-refractivity contribution in [2.45, 2.75) is 0 Å². The number of aryl methyl sites for hydroxylation is 2. The van der Waals surface area contributed by atoms with Crippen LogP contribution in [0.15, 0.2) is 71.5 Å². The van der Waals surface area contributed by atoms with Crippen molar-refractivity contribution in [3.63, 3.8) is 0 Å². The Balaban J connectivity index is 2.03. The van der Waals surface area contributed by atoms with E-state index in [9.17, 15) is 0 Å². The Morgan fingerprint density at radius 1 is 0.750 bits per heavy atom. The first-order valence-electron chi connectivity index (χ1n) is 9.50. The largest absolute Gasteiger partial charge is 0.413 e. The number of pyridine rings is 3. The lowest BCUT2D eigenvalue weighted by atomic mass is 10.0. The van der Waals surface area contributed by atoms with Gasteiger partial charge in [-0.3, -0.25) is 0 Å². The van der Waals surface area contributed by atoms with Crippen molar-refractivity contribution in [3.05, 3.63) is 67.1 Å². The molecule has 4 heteroatoms. The van der Waals surface area contributed by atoms with Gasteiger partial charge < -0.3 is 8.82 Å². The first kappa shape index (κ1) is 14.4. The molecule has 0 aliphatic heterocycles. The lowest BCUT2D eigenvalue weighted by Crippen LogP contribution is -2.36. The van der Waals surface area contributed by atoms with Gasteiger partial charge in [0.2, 0.25) is 0 Å². The van der Waals surface area contributed by atoms with Crippen LogP contribution in [0.1, 0.15) is 0 Å². The summed E-state index contributed by atoms with van der Waals surface area (Å²) in [7, 11) is 4.23. The third-order valence-electron chi connectivity index (χ3n) is 6.28. The minimum Gasteiger partial charge on any atom is -0.413 e. The number of para-hydroxylation sites is 1. The van der Waals surface area contributed by atoms with Gasteiger partial charge >= 0.3 is 11.2 Å². The molecule has 0 aliphatic carbocycles. The molecule has 0 saturated carbocycles. The van der Waals surface area contributed by atoms with Crippen molar-refractivity contribution >= 4 is 60.2 Å². The Hall–Kier alpha value is -3.66. The molecule has 7 aromatic rings. The van der Waals surface area contributed by atoms with Crippen LogP contribution in [0.5, 0.6) is 0 Å². The highest BCUT2D eigenvalue weighted by Crippen LogP contribution is 2.39. The van der Waals surface area contributed by atoms with Crippen LogP contribution >= 0.6 is 0 Å². The van der Waals surface area contributed by atoms with Crippen LogP contribution in [0.4, 0.5) is 0 Å². The Bertz CT molecular complexity index is 1740. The zero-order chi connectivity index (χ0) is 18.6. The van der Waals surface area contributed by atoms with E-state index < -0.39 is 0 Å². The fourth-order valence-electron chi connectivity index (χ4n) is 5.14. The number of aromatic nitrogens is 3. The molecule has 2 aromatic carbocycles. The second kappa shape index (κ2) is 4.60. The Morgan fingerprint density at radius 2 is 1.57 bits per heavy atom. The summed E-state index contributed by atoms with van der Waals surface area (Å²) in [4.78, 5) is 0. The zero-order valence-electron chi connectivity index (χ0n) is 15.6. The van der Waals surface area contributed by atoms with E-state index in [0.29, 0.717) is 0 Å². The lowest BCUT2D eigenvalue weighted by Gasteiger charge is -2.10. The average Bonchev–Trinajstić information content (AvgIpc) is 3.33. The van der Waals surface area contributed by atoms with Crippen molar-refractivity contribution in [3.8, 4) is 0 Å². The summed E-state index contributed by atoms with van der Waals surface area (Å²) in [5, 5.41) is 6.23. The SMILES string of the molecule is C[n+]1ccc2c3ccccc3n3c4cccc5c6ccoc6[n+](C)c(c54)c1c23. The van der Waals surface area contributed by atoms with Crippen molar-refractivity contribution in [1.29, 1.82) is 0 Å². The predicted molar refractivity (Wildman–Crippen MR) is 111 cm³/mol. The quantitative estimate of drug-likeness (QED) is 0.223. The predicted octanol–water partition coefficient (Wildman–Crippen LogP) is 4.39. The van der Waals surface area contributed by atoms with Crippen LogP contribution in [-0.4, -0.2) is 4.40 Å². The van der Waals surface area contributed by atoms with Crippen LogP contribution < -0.4 is 9.13 Å². The lowest BCUT2D eigenvalue weighted by molar-refractivity contribution is -0.656. The molecule has 0 saturated heterocycles. The van der Waals surface area contributed by atoms with E-state index in [4.69, 9.17) is 4.42 Å². The van der Waals surface area contributed by atoms with Gasteiger partial charge in [-0.2, -0.15) is 9.13 Å². The maximum absolute atomic E-state index is 5.89. The monoisotopic (exact) mass is 363 g/mol. The van der Waals surface area contributed by atoms with Gasteiger partial charge in [-0.1, -0.05) is 30.3 Å². The third-order valence-corrected chi connectivity index (χ3v) is 6.28. The molecular formula is C24H17N3O+2. The topological polar surface area (TPSA) is 25.3 Å². The van der Waals surface area contributed by atoms with Gasteiger partial charge in [0, 0.05) is 22.2 Å². The van der Waals surface area contributed by atoms with Gasteiger partial charge in [0.15, 0.2) is 6.20 Å². The highest BCUT2D eigenvalue weighted by molar-refractivity contribution is 6.25. The van der Waals surface area contributed by atoms with Crippen molar-refractivity contribution in [1.82, 2.24) is 4.40 Å². The van der Waals surface area contributed by atoms with E-state index in [0.717, 1.165) is 11.1 Å². The number of fused-ring (bicyclic) bond motifs is 7. The Labute approximate surface area is 159 Å². The van der Waals surface area contributed by atoms with E-state index >= 15 is 0 Å². The summed E-state index contributed by atoms with van der Waals surface area (Å²) in [5.74, 6) is 0. The molecule has 5 aromatic heterocycles. The molecule has 7 rings (SSSR count). The summed E-state index contributed by atoms with van der Waals surface area (Å²) in [6, 6.07) is 19.6. The van der Waals surface area contributed by atoms with Gasteiger partial charge in [0.25, 0.3) is 5.52 Å². The number of furan rings is 1. The van der Waals surface area contributed by atoms with Crippen LogP contribution in [0.2, 0.25) is 0 Å². The van der Waals surface area contributed by atoms with Crippen LogP contribution in [0.25, 0.3) is 60.2 Å². The van der Waals surface area contributed by atoms with Crippen LogP contribution in [-0.2, 0) is 14.1 Å². The fraction of sp³-hybridized carbons (Fsp3) is 0.0833. The molecule has 0 amide bonds. The molecule has 0 N–H and O–H groups in total. The Kier molecular flexibility index (Phi) is 2.36. The van der Waals surface area contributed by atoms with Gasteiger partial charge in [0.1, 0.15) is 19.6 Å². The summed E-state index contributed by atoms with van der Waals surface area (Å²) in [5.41, 5.74) is 7.07. The molecule has 0 bridgehead atoms. The highest BCUT2D eigenvalue weighted by Gasteiger charge is 2.30. The van der Waals surface area contributed by atoms with E-state index in [1.165, 1.54) is 49.1 Å². The number of hydrogen-bond donors (Lipinski definition) is 0. The molecule has 132 valence electrons. The molecule has 0 spiro atoms. The first-order chi connectivity index (χ1) is 13.8. The van der Waals surface area contributed by atoms with Gasteiger partial charge in [0.05, 0.1) is 28.1 Å². The maximum atomic E-state index is 5.89. The molecule has 5 heterocycles. The third kappa shape index (κ3) is 1.43. The van der Waals surface area contributed by atoms with Gasteiger partial charge in [-0.15, -0.1) is 0 Å². The molecular weight excluding hydrogens is 346 g/mol. The molecule has 0 unspecified atom stereocenters. The minimum atomic E-state index is 0.904. The average molecular weight is 363 g/mol. The summed E-state index contributed by atoms with van der Waals surface area (Å²) in [6.07, 6.45) is 3.95. The molecule has 28 heavy (non-hydrogen) atoms. The van der Waals surface area contributed by atoms with Crippen molar-refractivity contribution < 1.29 is 13.6 Å². The van der Waals surface area contributed by atoms with Gasteiger partial charge in [-0.25, -0.2) is 0 Å². The number of nitrogens with zero attached hydrogens (tertiary/aromatic N) is 3. The van der Waals surface area contributed by atoms with Crippen LogP contribution in [0.3, 0.4) is 0 Å². The smallest absolute Gasteiger partial charge is 0.381 e. The number of rotatable bonds is 0. The molecule has 0 atom stereocenters. The number of hydrogen-bond acceptors (Lipinski definition) is 1. The molecule has 0 fully saturated rings. The number of benzene rings is 2.